The Morgan fingerprint density at radius 1 is 1.23 bits per heavy atom. The number of carboxylic acids is 1. The fraction of sp³-hybridized carbons (Fsp3) is 0.556. The lowest BCUT2D eigenvalue weighted by Crippen LogP contribution is -2.54. The number of aryl methyl sites for hydroxylation is 1. The third kappa shape index (κ3) is 4.07. The predicted molar refractivity (Wildman–Crippen MR) is 97.6 cm³/mol. The summed E-state index contributed by atoms with van der Waals surface area (Å²) < 4.78 is 27.0. The molecule has 1 amide bonds. The van der Waals surface area contributed by atoms with Gasteiger partial charge in [0.05, 0.1) is 16.9 Å². The Balaban J connectivity index is 2.31. The van der Waals surface area contributed by atoms with Crippen LogP contribution in [0.4, 0.5) is 0 Å². The molecule has 1 aromatic rings. The molecule has 8 heteroatoms. The number of benzene rings is 1. The summed E-state index contributed by atoms with van der Waals surface area (Å²) in [6.07, 6.45) is 1.96. The molecular formula is C18H26N2O5S. The van der Waals surface area contributed by atoms with Crippen LogP contribution >= 0.6 is 0 Å². The second kappa shape index (κ2) is 7.75. The van der Waals surface area contributed by atoms with Gasteiger partial charge in [-0.2, -0.15) is 4.31 Å². The van der Waals surface area contributed by atoms with Gasteiger partial charge in [0.25, 0.3) is 5.91 Å². The van der Waals surface area contributed by atoms with Gasteiger partial charge >= 0.3 is 5.97 Å². The fourth-order valence-electron chi connectivity index (χ4n) is 3.27. The van der Waals surface area contributed by atoms with E-state index in [4.69, 9.17) is 5.11 Å². The van der Waals surface area contributed by atoms with Gasteiger partial charge in [-0.15, -0.1) is 0 Å². The minimum Gasteiger partial charge on any atom is -0.481 e. The van der Waals surface area contributed by atoms with Gasteiger partial charge in [0.1, 0.15) is 0 Å². The third-order valence-corrected chi connectivity index (χ3v) is 7.14. The first-order valence-electron chi connectivity index (χ1n) is 8.80. The van der Waals surface area contributed by atoms with Crippen LogP contribution in [0.2, 0.25) is 0 Å². The van der Waals surface area contributed by atoms with Crippen LogP contribution in [0.3, 0.4) is 0 Å². The molecule has 1 aromatic carbocycles. The predicted octanol–water partition coefficient (Wildman–Crippen LogP) is 2.15. The van der Waals surface area contributed by atoms with E-state index in [1.165, 1.54) is 10.4 Å². The molecule has 0 unspecified atom stereocenters. The molecule has 144 valence electrons. The Bertz CT molecular complexity index is 796. The summed E-state index contributed by atoms with van der Waals surface area (Å²) >= 11 is 0. The Hall–Kier alpha value is -1.93. The number of nitrogens with one attached hydrogen (secondary N) is 1. The highest BCUT2D eigenvalue weighted by Crippen LogP contribution is 2.35. The molecule has 26 heavy (non-hydrogen) atoms. The van der Waals surface area contributed by atoms with E-state index in [9.17, 15) is 18.0 Å². The van der Waals surface area contributed by atoms with E-state index in [-0.39, 0.29) is 16.9 Å². The minimum atomic E-state index is -3.68. The topological polar surface area (TPSA) is 104 Å². The van der Waals surface area contributed by atoms with Gasteiger partial charge in [-0.25, -0.2) is 8.42 Å². The van der Waals surface area contributed by atoms with Crippen molar-refractivity contribution in [3.63, 3.8) is 0 Å². The van der Waals surface area contributed by atoms with Crippen molar-refractivity contribution in [3.05, 3.63) is 29.3 Å². The Labute approximate surface area is 154 Å². The monoisotopic (exact) mass is 382 g/mol. The van der Waals surface area contributed by atoms with Crippen molar-refractivity contribution in [2.24, 2.45) is 0 Å². The van der Waals surface area contributed by atoms with E-state index in [1.54, 1.807) is 32.9 Å². The van der Waals surface area contributed by atoms with Crippen LogP contribution in [0.1, 0.15) is 55.5 Å². The fourth-order valence-corrected chi connectivity index (χ4v) is 4.98. The molecule has 0 atom stereocenters. The zero-order valence-electron chi connectivity index (χ0n) is 15.4. The highest BCUT2D eigenvalue weighted by molar-refractivity contribution is 7.89. The molecule has 1 saturated carbocycles. The summed E-state index contributed by atoms with van der Waals surface area (Å²) in [5.41, 5.74) is 0.0569. The van der Waals surface area contributed by atoms with Crippen molar-refractivity contribution in [2.75, 3.05) is 13.1 Å². The number of carbonyl (C=O) groups is 2. The number of hydrogen-bond acceptors (Lipinski definition) is 4. The van der Waals surface area contributed by atoms with Gasteiger partial charge in [-0.05, 0) is 43.9 Å². The third-order valence-electron chi connectivity index (χ3n) is 4.95. The summed E-state index contributed by atoms with van der Waals surface area (Å²) in [6.45, 7) is 5.90. The van der Waals surface area contributed by atoms with Crippen LogP contribution < -0.4 is 5.32 Å². The van der Waals surface area contributed by atoms with Gasteiger partial charge in [0.15, 0.2) is 0 Å². The first kappa shape index (κ1) is 20.4. The number of aliphatic carboxylic acids is 1. The number of hydrogen-bond donors (Lipinski definition) is 2. The van der Waals surface area contributed by atoms with E-state index in [0.29, 0.717) is 31.5 Å². The highest BCUT2D eigenvalue weighted by Gasteiger charge is 2.40. The number of amides is 1. The summed E-state index contributed by atoms with van der Waals surface area (Å²) in [5.74, 6) is -1.40. The van der Waals surface area contributed by atoms with Gasteiger partial charge in [-0.3, -0.25) is 9.59 Å². The molecule has 7 nitrogen and oxygen atoms in total. The summed E-state index contributed by atoms with van der Waals surface area (Å²) in [7, 11) is -3.68. The van der Waals surface area contributed by atoms with Crippen LogP contribution in [-0.4, -0.2) is 48.3 Å². The highest BCUT2D eigenvalue weighted by atomic mass is 32.2. The molecule has 2 rings (SSSR count). The largest absolute Gasteiger partial charge is 0.481 e. The van der Waals surface area contributed by atoms with Crippen molar-refractivity contribution in [2.45, 2.75) is 56.9 Å². The Kier molecular flexibility index (Phi) is 6.08. The number of sulfonamides is 1. The lowest BCUT2D eigenvalue weighted by atomic mass is 9.74. The Morgan fingerprint density at radius 2 is 1.85 bits per heavy atom. The molecule has 1 aliphatic carbocycles. The van der Waals surface area contributed by atoms with E-state index < -0.39 is 27.4 Å². The molecule has 0 spiro atoms. The van der Waals surface area contributed by atoms with Crippen LogP contribution in [0.25, 0.3) is 0 Å². The Morgan fingerprint density at radius 3 is 2.31 bits per heavy atom. The lowest BCUT2D eigenvalue weighted by molar-refractivity contribution is -0.139. The van der Waals surface area contributed by atoms with Gasteiger partial charge < -0.3 is 10.4 Å². The van der Waals surface area contributed by atoms with E-state index in [1.807, 2.05) is 0 Å². The molecule has 1 fully saturated rings. The van der Waals surface area contributed by atoms with Crippen molar-refractivity contribution >= 4 is 21.9 Å². The average molecular weight is 382 g/mol. The van der Waals surface area contributed by atoms with Crippen LogP contribution in [0, 0.1) is 6.92 Å². The van der Waals surface area contributed by atoms with Gasteiger partial charge in [-0.1, -0.05) is 19.9 Å². The maximum atomic E-state index is 12.8. The van der Waals surface area contributed by atoms with Crippen molar-refractivity contribution in [1.82, 2.24) is 9.62 Å². The first-order chi connectivity index (χ1) is 12.1. The number of carbonyl (C=O) groups excluding carboxylic acids is 1. The van der Waals surface area contributed by atoms with Gasteiger partial charge in [0, 0.05) is 18.7 Å². The minimum absolute atomic E-state index is 0.106. The van der Waals surface area contributed by atoms with Crippen molar-refractivity contribution < 1.29 is 23.1 Å². The zero-order valence-corrected chi connectivity index (χ0v) is 16.2. The molecule has 1 aliphatic rings. The summed E-state index contributed by atoms with van der Waals surface area (Å²) in [6, 6.07) is 4.56. The maximum Gasteiger partial charge on any atom is 0.305 e. The maximum absolute atomic E-state index is 12.8. The SMILES string of the molecule is CCN(CC)S(=O)(=O)c1cc(C(=O)NC2(CC(=O)O)CCC2)ccc1C. The molecule has 2 N–H and O–H groups in total. The lowest BCUT2D eigenvalue weighted by Gasteiger charge is -2.41. The summed E-state index contributed by atoms with van der Waals surface area (Å²) in [4.78, 5) is 23.8. The standard InChI is InChI=1S/C18H26N2O5S/c1-4-20(5-2)26(24,25)15-11-14(8-7-13(15)3)17(23)19-18(9-6-10-18)12-16(21)22/h7-8,11H,4-6,9-10,12H2,1-3H3,(H,19,23)(H,21,22). The molecule has 0 bridgehead atoms. The average Bonchev–Trinajstić information content (AvgIpc) is 2.53. The number of nitrogens with zero attached hydrogens (tertiary/aromatic N) is 1. The van der Waals surface area contributed by atoms with Gasteiger partial charge in [0.2, 0.25) is 10.0 Å². The van der Waals surface area contributed by atoms with E-state index >= 15 is 0 Å². The molecule has 0 radical (unpaired) electrons. The molecule has 0 aliphatic heterocycles. The zero-order chi connectivity index (χ0) is 19.5. The number of carboxylic acid groups (broad SMARTS) is 1. The molecule has 0 aromatic heterocycles. The molecule has 0 heterocycles. The van der Waals surface area contributed by atoms with Crippen LogP contribution in [0.5, 0.6) is 0 Å². The van der Waals surface area contributed by atoms with Crippen molar-refractivity contribution in [1.29, 1.82) is 0 Å². The summed E-state index contributed by atoms with van der Waals surface area (Å²) in [5, 5.41) is 11.9. The smallest absolute Gasteiger partial charge is 0.305 e. The quantitative estimate of drug-likeness (QED) is 0.717. The van der Waals surface area contributed by atoms with Crippen LogP contribution in [-0.2, 0) is 14.8 Å². The number of rotatable bonds is 8. The second-order valence-corrected chi connectivity index (χ2v) is 8.63. The van der Waals surface area contributed by atoms with E-state index in [0.717, 1.165) is 6.42 Å². The van der Waals surface area contributed by atoms with E-state index in [2.05, 4.69) is 5.32 Å². The van der Waals surface area contributed by atoms with Crippen LogP contribution in [0.15, 0.2) is 23.1 Å². The van der Waals surface area contributed by atoms with Crippen molar-refractivity contribution in [3.8, 4) is 0 Å². The molecular weight excluding hydrogens is 356 g/mol. The molecule has 0 saturated heterocycles. The first-order valence-corrected chi connectivity index (χ1v) is 10.2. The second-order valence-electron chi connectivity index (χ2n) is 6.73. The normalized spacial score (nSPS) is 16.2.